The van der Waals surface area contributed by atoms with Crippen LogP contribution in [0.2, 0.25) is 0 Å². The van der Waals surface area contributed by atoms with E-state index in [0.717, 1.165) is 19.1 Å². The van der Waals surface area contributed by atoms with E-state index in [1.165, 1.54) is 6.20 Å². The number of pyridine rings is 1. The first-order chi connectivity index (χ1) is 7.26. The molecule has 0 saturated heterocycles. The highest BCUT2D eigenvalue weighted by Crippen LogP contribution is 2.12. The van der Waals surface area contributed by atoms with Gasteiger partial charge in [0.2, 0.25) is 0 Å². The molecule has 3 heteroatoms. The van der Waals surface area contributed by atoms with Gasteiger partial charge in [-0.25, -0.2) is 0 Å². The molecule has 0 spiro atoms. The Morgan fingerprint density at radius 2 is 2.33 bits per heavy atom. The fourth-order valence-electron chi connectivity index (χ4n) is 1.39. The Morgan fingerprint density at radius 3 is 3.00 bits per heavy atom. The Morgan fingerprint density at radius 1 is 1.53 bits per heavy atom. The number of hydrogen-bond acceptors (Lipinski definition) is 3. The maximum Gasteiger partial charge on any atom is 0.151 e. The van der Waals surface area contributed by atoms with Crippen LogP contribution in [0.25, 0.3) is 0 Å². The Kier molecular flexibility index (Phi) is 4.81. The predicted molar refractivity (Wildman–Crippen MR) is 59.2 cm³/mol. The molecule has 0 radical (unpaired) electrons. The van der Waals surface area contributed by atoms with Gasteiger partial charge in [0.1, 0.15) is 5.75 Å². The van der Waals surface area contributed by atoms with Crippen LogP contribution in [-0.4, -0.2) is 17.9 Å². The molecule has 0 saturated carbocycles. The minimum atomic E-state index is 0.537. The molecule has 0 N–H and O–H groups in total. The number of carbonyl (C=O) groups is 1. The topological polar surface area (TPSA) is 39.2 Å². The van der Waals surface area contributed by atoms with Crippen molar-refractivity contribution in [1.29, 1.82) is 0 Å². The third kappa shape index (κ3) is 4.11. The summed E-state index contributed by atoms with van der Waals surface area (Å²) < 4.78 is 5.54. The smallest absolute Gasteiger partial charge is 0.151 e. The van der Waals surface area contributed by atoms with E-state index < -0.39 is 0 Å². The van der Waals surface area contributed by atoms with Gasteiger partial charge in [-0.05, 0) is 18.4 Å². The maximum atomic E-state index is 10.5. The van der Waals surface area contributed by atoms with E-state index in [-0.39, 0.29) is 0 Å². The summed E-state index contributed by atoms with van der Waals surface area (Å²) in [5.41, 5.74) is 0.552. The number of aromatic nitrogens is 1. The Balaban J connectivity index is 2.46. The molecule has 3 nitrogen and oxygen atoms in total. The van der Waals surface area contributed by atoms with Crippen molar-refractivity contribution in [2.24, 2.45) is 5.92 Å². The molecule has 1 heterocycles. The average molecular weight is 207 g/mol. The van der Waals surface area contributed by atoms with E-state index in [1.54, 1.807) is 12.3 Å². The number of carbonyl (C=O) groups excluding carboxylic acids is 1. The van der Waals surface area contributed by atoms with Crippen molar-refractivity contribution in [3.63, 3.8) is 0 Å². The monoisotopic (exact) mass is 207 g/mol. The van der Waals surface area contributed by atoms with Gasteiger partial charge in [0.25, 0.3) is 0 Å². The van der Waals surface area contributed by atoms with Gasteiger partial charge in [0.05, 0.1) is 12.8 Å². The summed E-state index contributed by atoms with van der Waals surface area (Å²) in [5.74, 6) is 1.21. The molecule has 0 amide bonds. The number of hydrogen-bond donors (Lipinski definition) is 0. The zero-order valence-electron chi connectivity index (χ0n) is 9.27. The highest BCUT2D eigenvalue weighted by atomic mass is 16.5. The standard InChI is InChI=1S/C12H17NO2/c1-3-4-10(2)9-15-12-5-11(8-14)6-13-7-12/h5-8,10H,3-4,9H2,1-2H3. The van der Waals surface area contributed by atoms with Crippen LogP contribution in [0.3, 0.4) is 0 Å². The number of nitrogens with zero attached hydrogens (tertiary/aromatic N) is 1. The summed E-state index contributed by atoms with van der Waals surface area (Å²) >= 11 is 0. The van der Waals surface area contributed by atoms with Crippen LogP contribution in [0.15, 0.2) is 18.5 Å². The van der Waals surface area contributed by atoms with Crippen LogP contribution in [0.5, 0.6) is 5.75 Å². The Hall–Kier alpha value is -1.38. The first kappa shape index (κ1) is 11.7. The first-order valence-corrected chi connectivity index (χ1v) is 5.29. The van der Waals surface area contributed by atoms with E-state index in [1.807, 2.05) is 0 Å². The lowest BCUT2D eigenvalue weighted by Crippen LogP contribution is -2.08. The van der Waals surface area contributed by atoms with Crippen molar-refractivity contribution in [3.8, 4) is 5.75 Å². The molecule has 0 aliphatic heterocycles. The van der Waals surface area contributed by atoms with Gasteiger partial charge in [-0.3, -0.25) is 9.78 Å². The van der Waals surface area contributed by atoms with Gasteiger partial charge in [-0.1, -0.05) is 20.3 Å². The van der Waals surface area contributed by atoms with Gasteiger partial charge in [-0.2, -0.15) is 0 Å². The molecule has 0 bridgehead atoms. The van der Waals surface area contributed by atoms with Crippen molar-refractivity contribution in [2.45, 2.75) is 26.7 Å². The van der Waals surface area contributed by atoms with E-state index >= 15 is 0 Å². The molecule has 0 aliphatic carbocycles. The predicted octanol–water partition coefficient (Wildman–Crippen LogP) is 2.71. The Labute approximate surface area is 90.5 Å². The zero-order chi connectivity index (χ0) is 11.1. The van der Waals surface area contributed by atoms with E-state index in [4.69, 9.17) is 4.74 Å². The quantitative estimate of drug-likeness (QED) is 0.673. The van der Waals surface area contributed by atoms with Crippen LogP contribution >= 0.6 is 0 Å². The molecule has 0 aliphatic rings. The van der Waals surface area contributed by atoms with Gasteiger partial charge in [0, 0.05) is 11.8 Å². The number of aldehydes is 1. The molecule has 1 aromatic heterocycles. The second-order valence-corrected chi connectivity index (χ2v) is 3.78. The van der Waals surface area contributed by atoms with E-state index in [0.29, 0.717) is 23.8 Å². The second kappa shape index (κ2) is 6.17. The average Bonchev–Trinajstić information content (AvgIpc) is 2.27. The molecule has 0 fully saturated rings. The summed E-state index contributed by atoms with van der Waals surface area (Å²) in [6, 6.07) is 1.71. The summed E-state index contributed by atoms with van der Waals surface area (Å²) in [4.78, 5) is 14.4. The fourth-order valence-corrected chi connectivity index (χ4v) is 1.39. The van der Waals surface area contributed by atoms with Crippen LogP contribution < -0.4 is 4.74 Å². The van der Waals surface area contributed by atoms with Crippen molar-refractivity contribution < 1.29 is 9.53 Å². The normalized spacial score (nSPS) is 12.1. The third-order valence-electron chi connectivity index (χ3n) is 2.19. The van der Waals surface area contributed by atoms with Crippen molar-refractivity contribution in [2.75, 3.05) is 6.61 Å². The minimum Gasteiger partial charge on any atom is -0.492 e. The summed E-state index contributed by atoms with van der Waals surface area (Å²) in [6.07, 6.45) is 6.24. The first-order valence-electron chi connectivity index (χ1n) is 5.29. The van der Waals surface area contributed by atoms with Crippen LogP contribution in [0, 0.1) is 5.92 Å². The largest absolute Gasteiger partial charge is 0.492 e. The van der Waals surface area contributed by atoms with Crippen molar-refractivity contribution in [3.05, 3.63) is 24.0 Å². The van der Waals surface area contributed by atoms with E-state index in [9.17, 15) is 4.79 Å². The summed E-state index contributed by atoms with van der Waals surface area (Å²) in [7, 11) is 0. The molecular formula is C12H17NO2. The minimum absolute atomic E-state index is 0.537. The lowest BCUT2D eigenvalue weighted by molar-refractivity contribution is 0.112. The molecule has 1 rings (SSSR count). The zero-order valence-corrected chi connectivity index (χ0v) is 9.27. The van der Waals surface area contributed by atoms with Gasteiger partial charge < -0.3 is 4.74 Å². The summed E-state index contributed by atoms with van der Waals surface area (Å²) in [6.45, 7) is 4.99. The highest BCUT2D eigenvalue weighted by molar-refractivity contribution is 5.74. The second-order valence-electron chi connectivity index (χ2n) is 3.78. The molecule has 82 valence electrons. The molecule has 1 unspecified atom stereocenters. The number of rotatable bonds is 6. The fraction of sp³-hybridized carbons (Fsp3) is 0.500. The summed E-state index contributed by atoms with van der Waals surface area (Å²) in [5, 5.41) is 0. The lowest BCUT2D eigenvalue weighted by Gasteiger charge is -2.11. The maximum absolute atomic E-state index is 10.5. The Bertz CT molecular complexity index is 312. The van der Waals surface area contributed by atoms with Crippen LogP contribution in [0.4, 0.5) is 0 Å². The number of ether oxygens (including phenoxy) is 1. The third-order valence-corrected chi connectivity index (χ3v) is 2.19. The highest BCUT2D eigenvalue weighted by Gasteiger charge is 2.02. The molecule has 15 heavy (non-hydrogen) atoms. The van der Waals surface area contributed by atoms with Crippen LogP contribution in [-0.2, 0) is 0 Å². The van der Waals surface area contributed by atoms with Gasteiger partial charge in [0.15, 0.2) is 6.29 Å². The SMILES string of the molecule is CCCC(C)COc1cncc(C=O)c1. The van der Waals surface area contributed by atoms with Gasteiger partial charge >= 0.3 is 0 Å². The van der Waals surface area contributed by atoms with Gasteiger partial charge in [-0.15, -0.1) is 0 Å². The molecule has 0 aromatic carbocycles. The van der Waals surface area contributed by atoms with E-state index in [2.05, 4.69) is 18.8 Å². The van der Waals surface area contributed by atoms with Crippen molar-refractivity contribution >= 4 is 6.29 Å². The molecule has 1 atom stereocenters. The van der Waals surface area contributed by atoms with Crippen molar-refractivity contribution in [1.82, 2.24) is 4.98 Å². The lowest BCUT2D eigenvalue weighted by atomic mass is 10.1. The molecule has 1 aromatic rings. The van der Waals surface area contributed by atoms with Crippen LogP contribution in [0.1, 0.15) is 37.0 Å². The molecular weight excluding hydrogens is 190 g/mol.